The van der Waals surface area contributed by atoms with Crippen molar-refractivity contribution in [1.82, 2.24) is 0 Å². The summed E-state index contributed by atoms with van der Waals surface area (Å²) in [6, 6.07) is 16.2. The fourth-order valence-corrected chi connectivity index (χ4v) is 4.71. The molecular formula is C21H24. The molecule has 0 N–H and O–H groups in total. The van der Waals surface area contributed by atoms with Crippen molar-refractivity contribution in [3.05, 3.63) is 59.2 Å². The van der Waals surface area contributed by atoms with Crippen molar-refractivity contribution in [3.63, 3.8) is 0 Å². The zero-order valence-corrected chi connectivity index (χ0v) is 13.2. The molecule has 0 bridgehead atoms. The molecule has 0 unspecified atom stereocenters. The van der Waals surface area contributed by atoms with Gasteiger partial charge in [0.25, 0.3) is 0 Å². The highest BCUT2D eigenvalue weighted by molar-refractivity contribution is 5.83. The first-order valence-electron chi connectivity index (χ1n) is 8.47. The lowest BCUT2D eigenvalue weighted by Gasteiger charge is -2.36. The summed E-state index contributed by atoms with van der Waals surface area (Å²) in [5, 5.41) is 0. The standard InChI is InChI=1S/C21H24/c1-15(2)16-10-8-12-19-20(16)17-9-4-5-11-18(17)21(19)13-6-3-7-14-21/h4-5,8-12,15H,3,6-7,13-14H2,1-2H3. The Hall–Kier alpha value is -1.56. The van der Waals surface area contributed by atoms with Gasteiger partial charge in [0.15, 0.2) is 0 Å². The first kappa shape index (κ1) is 13.1. The van der Waals surface area contributed by atoms with Gasteiger partial charge in [-0.25, -0.2) is 0 Å². The Morgan fingerprint density at radius 3 is 2.29 bits per heavy atom. The summed E-state index contributed by atoms with van der Waals surface area (Å²) in [6.45, 7) is 4.65. The number of rotatable bonds is 1. The van der Waals surface area contributed by atoms with Crippen LogP contribution in [-0.2, 0) is 5.41 Å². The summed E-state index contributed by atoms with van der Waals surface area (Å²) in [5.41, 5.74) is 8.14. The summed E-state index contributed by atoms with van der Waals surface area (Å²) in [5.74, 6) is 0.590. The van der Waals surface area contributed by atoms with Gasteiger partial charge in [0, 0.05) is 5.41 Å². The van der Waals surface area contributed by atoms with Crippen LogP contribution < -0.4 is 0 Å². The second kappa shape index (κ2) is 4.73. The van der Waals surface area contributed by atoms with Gasteiger partial charge in [-0.3, -0.25) is 0 Å². The first-order chi connectivity index (χ1) is 10.2. The fraction of sp³-hybridized carbons (Fsp3) is 0.429. The highest BCUT2D eigenvalue weighted by Crippen LogP contribution is 2.57. The quantitative estimate of drug-likeness (QED) is 0.595. The minimum absolute atomic E-state index is 0.315. The van der Waals surface area contributed by atoms with Crippen molar-refractivity contribution >= 4 is 0 Å². The molecule has 4 rings (SSSR count). The molecule has 2 aliphatic carbocycles. The van der Waals surface area contributed by atoms with Crippen molar-refractivity contribution in [1.29, 1.82) is 0 Å². The number of hydrogen-bond donors (Lipinski definition) is 0. The highest BCUT2D eigenvalue weighted by atomic mass is 14.5. The Balaban J connectivity index is 2.04. The molecule has 0 aliphatic heterocycles. The molecule has 0 atom stereocenters. The molecule has 0 aromatic heterocycles. The molecule has 1 spiro atoms. The van der Waals surface area contributed by atoms with Gasteiger partial charge < -0.3 is 0 Å². The van der Waals surface area contributed by atoms with Crippen LogP contribution >= 0.6 is 0 Å². The zero-order chi connectivity index (χ0) is 14.4. The highest BCUT2D eigenvalue weighted by Gasteiger charge is 2.44. The molecule has 1 fully saturated rings. The predicted molar refractivity (Wildman–Crippen MR) is 89.8 cm³/mol. The molecule has 21 heavy (non-hydrogen) atoms. The minimum atomic E-state index is 0.315. The Morgan fingerprint density at radius 2 is 1.52 bits per heavy atom. The van der Waals surface area contributed by atoms with Gasteiger partial charge >= 0.3 is 0 Å². The molecule has 2 aromatic rings. The van der Waals surface area contributed by atoms with Crippen LogP contribution in [0.3, 0.4) is 0 Å². The molecule has 0 amide bonds. The van der Waals surface area contributed by atoms with Gasteiger partial charge in [-0.15, -0.1) is 0 Å². The third kappa shape index (κ3) is 1.75. The molecule has 0 heteroatoms. The number of fused-ring (bicyclic) bond motifs is 5. The van der Waals surface area contributed by atoms with Gasteiger partial charge in [0.1, 0.15) is 0 Å². The van der Waals surface area contributed by atoms with E-state index in [9.17, 15) is 0 Å². The maximum atomic E-state index is 2.41. The van der Waals surface area contributed by atoms with Gasteiger partial charge in [0.2, 0.25) is 0 Å². The molecule has 0 heterocycles. The minimum Gasteiger partial charge on any atom is -0.0619 e. The molecular weight excluding hydrogens is 252 g/mol. The summed E-state index contributed by atoms with van der Waals surface area (Å²) in [6.07, 6.45) is 6.82. The van der Waals surface area contributed by atoms with E-state index in [-0.39, 0.29) is 0 Å². The lowest BCUT2D eigenvalue weighted by atomic mass is 9.67. The third-order valence-electron chi connectivity index (χ3n) is 5.65. The van der Waals surface area contributed by atoms with Gasteiger partial charge in [0.05, 0.1) is 0 Å². The van der Waals surface area contributed by atoms with Crippen LogP contribution in [0.25, 0.3) is 11.1 Å². The molecule has 0 radical (unpaired) electrons. The monoisotopic (exact) mass is 276 g/mol. The lowest BCUT2D eigenvalue weighted by molar-refractivity contribution is 0.352. The summed E-state index contributed by atoms with van der Waals surface area (Å²) in [7, 11) is 0. The van der Waals surface area contributed by atoms with Gasteiger partial charge in [-0.1, -0.05) is 75.6 Å². The molecule has 2 aliphatic rings. The molecule has 2 aromatic carbocycles. The molecule has 108 valence electrons. The van der Waals surface area contributed by atoms with Crippen molar-refractivity contribution in [2.45, 2.75) is 57.3 Å². The van der Waals surface area contributed by atoms with E-state index in [1.807, 2.05) is 0 Å². The number of hydrogen-bond acceptors (Lipinski definition) is 0. The van der Waals surface area contributed by atoms with Crippen LogP contribution in [-0.4, -0.2) is 0 Å². The third-order valence-corrected chi connectivity index (χ3v) is 5.65. The smallest absolute Gasteiger partial charge is 0.0215 e. The van der Waals surface area contributed by atoms with Crippen LogP contribution in [0.2, 0.25) is 0 Å². The molecule has 1 saturated carbocycles. The number of benzene rings is 2. The van der Waals surface area contributed by atoms with Gasteiger partial charge in [-0.2, -0.15) is 0 Å². The SMILES string of the molecule is CC(C)c1cccc2c1-c1ccccc1C21CCCCC1. The van der Waals surface area contributed by atoms with E-state index in [0.29, 0.717) is 11.3 Å². The van der Waals surface area contributed by atoms with Crippen molar-refractivity contribution in [2.24, 2.45) is 0 Å². The van der Waals surface area contributed by atoms with E-state index in [2.05, 4.69) is 56.3 Å². The van der Waals surface area contributed by atoms with E-state index in [1.54, 1.807) is 16.7 Å². The predicted octanol–water partition coefficient (Wildman–Crippen LogP) is 6.04. The van der Waals surface area contributed by atoms with E-state index in [1.165, 1.54) is 43.2 Å². The maximum absolute atomic E-state index is 2.41. The summed E-state index contributed by atoms with van der Waals surface area (Å²) >= 11 is 0. The Bertz CT molecular complexity index is 672. The van der Waals surface area contributed by atoms with Crippen LogP contribution in [0, 0.1) is 0 Å². The van der Waals surface area contributed by atoms with E-state index in [0.717, 1.165) is 0 Å². The topological polar surface area (TPSA) is 0 Å². The Kier molecular flexibility index (Phi) is 2.96. The van der Waals surface area contributed by atoms with E-state index >= 15 is 0 Å². The van der Waals surface area contributed by atoms with Crippen molar-refractivity contribution < 1.29 is 0 Å². The van der Waals surface area contributed by atoms with Crippen LogP contribution in [0.4, 0.5) is 0 Å². The average Bonchev–Trinajstić information content (AvgIpc) is 2.79. The van der Waals surface area contributed by atoms with Crippen LogP contribution in [0.5, 0.6) is 0 Å². The molecule has 0 saturated heterocycles. The van der Waals surface area contributed by atoms with E-state index < -0.39 is 0 Å². The fourth-order valence-electron chi connectivity index (χ4n) is 4.71. The average molecular weight is 276 g/mol. The Morgan fingerprint density at radius 1 is 0.810 bits per heavy atom. The summed E-state index contributed by atoms with van der Waals surface area (Å²) in [4.78, 5) is 0. The van der Waals surface area contributed by atoms with Crippen molar-refractivity contribution in [3.8, 4) is 11.1 Å². The van der Waals surface area contributed by atoms with Crippen LogP contribution in [0.15, 0.2) is 42.5 Å². The van der Waals surface area contributed by atoms with Gasteiger partial charge in [-0.05, 0) is 46.6 Å². The second-order valence-corrected chi connectivity index (χ2v) is 7.11. The molecule has 0 nitrogen and oxygen atoms in total. The van der Waals surface area contributed by atoms with Crippen molar-refractivity contribution in [2.75, 3.05) is 0 Å². The normalized spacial score (nSPS) is 18.8. The summed E-state index contributed by atoms with van der Waals surface area (Å²) < 4.78 is 0. The lowest BCUT2D eigenvalue weighted by Crippen LogP contribution is -2.28. The first-order valence-corrected chi connectivity index (χ1v) is 8.47. The second-order valence-electron chi connectivity index (χ2n) is 7.11. The maximum Gasteiger partial charge on any atom is 0.0215 e. The van der Waals surface area contributed by atoms with E-state index in [4.69, 9.17) is 0 Å². The Labute approximate surface area is 128 Å². The largest absolute Gasteiger partial charge is 0.0619 e. The zero-order valence-electron chi connectivity index (χ0n) is 13.2. The van der Waals surface area contributed by atoms with Crippen LogP contribution in [0.1, 0.15) is 68.6 Å².